The van der Waals surface area contributed by atoms with Gasteiger partial charge in [0.15, 0.2) is 0 Å². The number of carbonyl (C=O) groups excluding carboxylic acids is 1. The van der Waals surface area contributed by atoms with E-state index in [2.05, 4.69) is 24.1 Å². The zero-order valence-corrected chi connectivity index (χ0v) is 8.29. The highest BCUT2D eigenvalue weighted by atomic mass is 16.2. The van der Waals surface area contributed by atoms with E-state index in [0.717, 1.165) is 17.8 Å². The molecule has 0 radical (unpaired) electrons. The number of rotatable bonds is 0. The summed E-state index contributed by atoms with van der Waals surface area (Å²) >= 11 is 0. The molecule has 1 fully saturated rings. The lowest BCUT2D eigenvalue weighted by Gasteiger charge is -2.10. The van der Waals surface area contributed by atoms with Gasteiger partial charge in [-0.25, -0.2) is 4.98 Å². The summed E-state index contributed by atoms with van der Waals surface area (Å²) in [6, 6.07) is 3.91. The molecule has 2 heterocycles. The van der Waals surface area contributed by atoms with Crippen molar-refractivity contribution in [2.75, 3.05) is 5.32 Å². The Morgan fingerprint density at radius 1 is 1.50 bits per heavy atom. The van der Waals surface area contributed by atoms with E-state index < -0.39 is 0 Å². The Kier molecular flexibility index (Phi) is 1.14. The number of anilines is 1. The minimum absolute atomic E-state index is 0.0887. The topological polar surface area (TPSA) is 42.0 Å². The third-order valence-corrected chi connectivity index (χ3v) is 3.62. The molecule has 3 heteroatoms. The monoisotopic (exact) mass is 188 g/mol. The van der Waals surface area contributed by atoms with Gasteiger partial charge >= 0.3 is 0 Å². The Hall–Kier alpha value is -1.38. The Bertz CT molecular complexity index is 439. The first kappa shape index (κ1) is 7.97. The summed E-state index contributed by atoms with van der Waals surface area (Å²) in [5.41, 5.74) is 0.886. The molecule has 2 aliphatic rings. The summed E-state index contributed by atoms with van der Waals surface area (Å²) in [5.74, 6) is 0.874. The largest absolute Gasteiger partial charge is 0.310 e. The molecular formula is C11H12N2O. The molecule has 3 rings (SSSR count). The number of amides is 1. The molecule has 1 atom stereocenters. The van der Waals surface area contributed by atoms with Gasteiger partial charge in [0.05, 0.1) is 5.41 Å². The van der Waals surface area contributed by atoms with Crippen molar-refractivity contribution in [2.24, 2.45) is 5.41 Å². The molecular weight excluding hydrogens is 176 g/mol. The van der Waals surface area contributed by atoms with Crippen LogP contribution in [0.4, 0.5) is 5.82 Å². The zero-order valence-electron chi connectivity index (χ0n) is 8.29. The van der Waals surface area contributed by atoms with Gasteiger partial charge in [-0.3, -0.25) is 4.79 Å². The standard InChI is InChI=1S/C11H12N2O/c1-10(2)6-11(10)7-4-3-5-12-8(7)13-9(11)14/h3-5H,6H2,1-2H3,(H,12,13,14). The highest BCUT2D eigenvalue weighted by molar-refractivity contribution is 6.08. The molecule has 0 saturated heterocycles. The molecule has 0 bridgehead atoms. The van der Waals surface area contributed by atoms with Crippen LogP contribution in [0.1, 0.15) is 25.8 Å². The maximum absolute atomic E-state index is 11.9. The van der Waals surface area contributed by atoms with Crippen molar-refractivity contribution >= 4 is 11.7 Å². The van der Waals surface area contributed by atoms with Crippen LogP contribution in [0, 0.1) is 5.41 Å². The van der Waals surface area contributed by atoms with Crippen molar-refractivity contribution in [3.8, 4) is 0 Å². The average Bonchev–Trinajstić information content (AvgIpc) is 2.59. The number of carbonyl (C=O) groups is 1. The Labute approximate surface area is 82.5 Å². The van der Waals surface area contributed by atoms with Crippen molar-refractivity contribution < 1.29 is 4.79 Å². The van der Waals surface area contributed by atoms with Crippen LogP contribution >= 0.6 is 0 Å². The summed E-state index contributed by atoms with van der Waals surface area (Å²) in [5, 5.41) is 2.86. The molecule has 1 aromatic heterocycles. The molecule has 14 heavy (non-hydrogen) atoms. The Balaban J connectivity index is 2.23. The molecule has 1 aliphatic heterocycles. The normalized spacial score (nSPS) is 31.4. The van der Waals surface area contributed by atoms with Crippen LogP contribution in [0.25, 0.3) is 0 Å². The molecule has 1 amide bonds. The van der Waals surface area contributed by atoms with Crippen LogP contribution in [0.15, 0.2) is 18.3 Å². The van der Waals surface area contributed by atoms with E-state index in [9.17, 15) is 4.79 Å². The summed E-state index contributed by atoms with van der Waals surface area (Å²) in [6.45, 7) is 4.27. The number of pyridine rings is 1. The van der Waals surface area contributed by atoms with Gasteiger partial charge in [-0.2, -0.15) is 0 Å². The number of nitrogens with one attached hydrogen (secondary N) is 1. The summed E-state index contributed by atoms with van der Waals surface area (Å²) in [4.78, 5) is 16.1. The van der Waals surface area contributed by atoms with Crippen molar-refractivity contribution in [1.82, 2.24) is 4.98 Å². The molecule has 0 aromatic carbocycles. The van der Waals surface area contributed by atoms with E-state index >= 15 is 0 Å². The molecule has 1 saturated carbocycles. The first-order chi connectivity index (χ1) is 6.58. The second-order valence-electron chi connectivity index (χ2n) is 4.82. The van der Waals surface area contributed by atoms with E-state index in [0.29, 0.717) is 0 Å². The smallest absolute Gasteiger partial charge is 0.236 e. The SMILES string of the molecule is CC1(C)CC12C(=O)Nc1ncccc12. The Morgan fingerprint density at radius 2 is 2.21 bits per heavy atom. The lowest BCUT2D eigenvalue weighted by Crippen LogP contribution is -2.24. The fourth-order valence-corrected chi connectivity index (χ4v) is 2.65. The van der Waals surface area contributed by atoms with Gasteiger partial charge in [0.2, 0.25) is 5.91 Å². The van der Waals surface area contributed by atoms with Crippen LogP contribution in [0.3, 0.4) is 0 Å². The van der Waals surface area contributed by atoms with E-state index in [4.69, 9.17) is 0 Å². The van der Waals surface area contributed by atoms with Gasteiger partial charge in [-0.1, -0.05) is 19.9 Å². The second kappa shape index (κ2) is 2.00. The predicted molar refractivity (Wildman–Crippen MR) is 52.9 cm³/mol. The van der Waals surface area contributed by atoms with Crippen LogP contribution in [-0.2, 0) is 10.2 Å². The van der Waals surface area contributed by atoms with Crippen LogP contribution < -0.4 is 5.32 Å². The number of fused-ring (bicyclic) bond motifs is 2. The third kappa shape index (κ3) is 0.659. The molecule has 3 nitrogen and oxygen atoms in total. The molecule has 1 spiro atoms. The summed E-state index contributed by atoms with van der Waals surface area (Å²) in [7, 11) is 0. The van der Waals surface area contributed by atoms with Crippen molar-refractivity contribution in [3.05, 3.63) is 23.9 Å². The van der Waals surface area contributed by atoms with Crippen molar-refractivity contribution in [1.29, 1.82) is 0 Å². The third-order valence-electron chi connectivity index (χ3n) is 3.62. The molecule has 72 valence electrons. The highest BCUT2D eigenvalue weighted by Crippen LogP contribution is 2.67. The Morgan fingerprint density at radius 3 is 2.86 bits per heavy atom. The van der Waals surface area contributed by atoms with Crippen LogP contribution in [0.5, 0.6) is 0 Å². The van der Waals surface area contributed by atoms with E-state index in [-0.39, 0.29) is 16.7 Å². The van der Waals surface area contributed by atoms with E-state index in [1.54, 1.807) is 6.20 Å². The van der Waals surface area contributed by atoms with Crippen LogP contribution in [0.2, 0.25) is 0 Å². The highest BCUT2D eigenvalue weighted by Gasteiger charge is 2.70. The predicted octanol–water partition coefficient (Wildman–Crippen LogP) is 1.70. The maximum Gasteiger partial charge on any atom is 0.236 e. The van der Waals surface area contributed by atoms with E-state index in [1.807, 2.05) is 12.1 Å². The van der Waals surface area contributed by atoms with Crippen molar-refractivity contribution in [3.63, 3.8) is 0 Å². The van der Waals surface area contributed by atoms with Gasteiger partial charge in [-0.15, -0.1) is 0 Å². The summed E-state index contributed by atoms with van der Waals surface area (Å²) < 4.78 is 0. The van der Waals surface area contributed by atoms with Gasteiger partial charge < -0.3 is 5.32 Å². The number of hydrogen-bond donors (Lipinski definition) is 1. The fraction of sp³-hybridized carbons (Fsp3) is 0.455. The first-order valence-corrected chi connectivity index (χ1v) is 4.85. The summed E-state index contributed by atoms with van der Waals surface area (Å²) in [6.07, 6.45) is 2.65. The van der Waals surface area contributed by atoms with Crippen LogP contribution in [-0.4, -0.2) is 10.9 Å². The molecule has 1 N–H and O–H groups in total. The first-order valence-electron chi connectivity index (χ1n) is 4.85. The minimum atomic E-state index is -0.281. The van der Waals surface area contributed by atoms with Gasteiger partial charge in [0.25, 0.3) is 0 Å². The maximum atomic E-state index is 11.9. The van der Waals surface area contributed by atoms with E-state index in [1.165, 1.54) is 0 Å². The molecule has 1 aliphatic carbocycles. The zero-order chi connectivity index (χ0) is 9.97. The number of aromatic nitrogens is 1. The van der Waals surface area contributed by atoms with Gasteiger partial charge in [0.1, 0.15) is 5.82 Å². The van der Waals surface area contributed by atoms with Gasteiger partial charge in [-0.05, 0) is 17.9 Å². The van der Waals surface area contributed by atoms with Crippen molar-refractivity contribution in [2.45, 2.75) is 25.7 Å². The lowest BCUT2D eigenvalue weighted by atomic mass is 9.90. The second-order valence-corrected chi connectivity index (χ2v) is 4.82. The average molecular weight is 188 g/mol. The fourth-order valence-electron chi connectivity index (χ4n) is 2.65. The quantitative estimate of drug-likeness (QED) is 0.673. The van der Waals surface area contributed by atoms with Gasteiger partial charge in [0, 0.05) is 11.8 Å². The number of nitrogens with zero attached hydrogens (tertiary/aromatic N) is 1. The molecule has 1 aromatic rings. The number of hydrogen-bond acceptors (Lipinski definition) is 2. The lowest BCUT2D eigenvalue weighted by molar-refractivity contribution is -0.118. The minimum Gasteiger partial charge on any atom is -0.310 e. The molecule has 1 unspecified atom stereocenters.